The highest BCUT2D eigenvalue weighted by atomic mass is 16.4. The number of aliphatic carboxylic acids is 1. The molecule has 1 aliphatic rings. The lowest BCUT2D eigenvalue weighted by Gasteiger charge is -2.40. The van der Waals surface area contributed by atoms with E-state index in [1.807, 2.05) is 55.5 Å². The van der Waals surface area contributed by atoms with Crippen LogP contribution in [0.5, 0.6) is 0 Å². The number of carboxylic acids is 1. The first-order chi connectivity index (χ1) is 13.1. The number of anilines is 1. The Morgan fingerprint density at radius 1 is 1.15 bits per heavy atom. The molecule has 2 heterocycles. The number of aryl methyl sites for hydroxylation is 1. The van der Waals surface area contributed by atoms with Gasteiger partial charge in [-0.05, 0) is 49.4 Å². The molecule has 1 saturated heterocycles. The number of piperidine rings is 1. The van der Waals surface area contributed by atoms with Crippen molar-refractivity contribution in [3.05, 3.63) is 65.9 Å². The van der Waals surface area contributed by atoms with Crippen LogP contribution in [0.1, 0.15) is 24.0 Å². The average Bonchev–Trinajstić information content (AvgIpc) is 2.69. The second-order valence-electron chi connectivity index (χ2n) is 7.43. The number of aromatic nitrogens is 2. The zero-order valence-corrected chi connectivity index (χ0v) is 15.4. The highest BCUT2D eigenvalue weighted by molar-refractivity contribution is 5.78. The van der Waals surface area contributed by atoms with Crippen LogP contribution in [0.3, 0.4) is 0 Å². The molecule has 0 spiro atoms. The maximum atomic E-state index is 12.3. The van der Waals surface area contributed by atoms with E-state index in [9.17, 15) is 9.90 Å². The van der Waals surface area contributed by atoms with Gasteiger partial charge in [-0.3, -0.25) is 9.78 Å². The van der Waals surface area contributed by atoms with E-state index in [1.165, 1.54) is 0 Å². The van der Waals surface area contributed by atoms with Crippen LogP contribution in [0.25, 0.3) is 11.0 Å². The third-order valence-electron chi connectivity index (χ3n) is 5.58. The monoisotopic (exact) mass is 361 g/mol. The molecule has 0 radical (unpaired) electrons. The van der Waals surface area contributed by atoms with E-state index in [1.54, 1.807) is 6.20 Å². The molecule has 5 nitrogen and oxygen atoms in total. The molecule has 1 fully saturated rings. The Hall–Kier alpha value is -2.95. The fourth-order valence-corrected chi connectivity index (χ4v) is 3.99. The van der Waals surface area contributed by atoms with E-state index in [0.717, 1.165) is 40.9 Å². The topological polar surface area (TPSA) is 66.3 Å². The highest BCUT2D eigenvalue weighted by Crippen LogP contribution is 2.36. The normalized spacial score (nSPS) is 20.0. The van der Waals surface area contributed by atoms with Crippen LogP contribution in [0.4, 0.5) is 5.82 Å². The Morgan fingerprint density at radius 3 is 2.67 bits per heavy atom. The molecule has 0 bridgehead atoms. The minimum Gasteiger partial charge on any atom is -0.481 e. The predicted molar refractivity (Wildman–Crippen MR) is 106 cm³/mol. The molecule has 1 aliphatic heterocycles. The van der Waals surface area contributed by atoms with Crippen molar-refractivity contribution < 1.29 is 9.90 Å². The molecular formula is C22H23N3O2. The number of carboxylic acid groups (broad SMARTS) is 1. The summed E-state index contributed by atoms with van der Waals surface area (Å²) < 4.78 is 0. The molecule has 5 heteroatoms. The number of para-hydroxylation sites is 2. The number of fused-ring (bicyclic) bond motifs is 1. The van der Waals surface area contributed by atoms with Crippen molar-refractivity contribution in [3.63, 3.8) is 0 Å². The molecule has 4 rings (SSSR count). The number of hydrogen-bond donors (Lipinski definition) is 1. The summed E-state index contributed by atoms with van der Waals surface area (Å²) in [6, 6.07) is 15.8. The summed E-state index contributed by atoms with van der Waals surface area (Å²) in [5.74, 6) is 0.0213. The van der Waals surface area contributed by atoms with Gasteiger partial charge in [-0.1, -0.05) is 36.4 Å². The van der Waals surface area contributed by atoms with Gasteiger partial charge in [-0.15, -0.1) is 0 Å². The number of hydrogen-bond acceptors (Lipinski definition) is 4. The fraction of sp³-hybridized carbons (Fsp3) is 0.318. The first-order valence-electron chi connectivity index (χ1n) is 9.32. The SMILES string of the molecule is Cc1ccccc1C[C@]1(C(=O)O)CCCN(c2cnc3ccccc3n2)C1. The van der Waals surface area contributed by atoms with Crippen molar-refractivity contribution in [2.24, 2.45) is 5.41 Å². The van der Waals surface area contributed by atoms with Gasteiger partial charge in [-0.2, -0.15) is 0 Å². The van der Waals surface area contributed by atoms with Crippen LogP contribution >= 0.6 is 0 Å². The van der Waals surface area contributed by atoms with E-state index < -0.39 is 11.4 Å². The number of nitrogens with zero attached hydrogens (tertiary/aromatic N) is 3. The van der Waals surface area contributed by atoms with E-state index >= 15 is 0 Å². The van der Waals surface area contributed by atoms with Crippen molar-refractivity contribution >= 4 is 22.8 Å². The van der Waals surface area contributed by atoms with Gasteiger partial charge in [0.15, 0.2) is 0 Å². The highest BCUT2D eigenvalue weighted by Gasteiger charge is 2.43. The lowest BCUT2D eigenvalue weighted by Crippen LogP contribution is -2.49. The van der Waals surface area contributed by atoms with E-state index in [4.69, 9.17) is 4.98 Å². The molecule has 0 aliphatic carbocycles. The summed E-state index contributed by atoms with van der Waals surface area (Å²) in [6.45, 7) is 3.29. The van der Waals surface area contributed by atoms with Gasteiger partial charge in [0.05, 0.1) is 22.6 Å². The third-order valence-corrected chi connectivity index (χ3v) is 5.58. The Morgan fingerprint density at radius 2 is 1.89 bits per heavy atom. The first kappa shape index (κ1) is 17.5. The van der Waals surface area contributed by atoms with Gasteiger partial charge in [0, 0.05) is 13.1 Å². The van der Waals surface area contributed by atoms with Crippen LogP contribution in [0, 0.1) is 12.3 Å². The van der Waals surface area contributed by atoms with Gasteiger partial charge < -0.3 is 10.0 Å². The van der Waals surface area contributed by atoms with Crippen LogP contribution in [-0.2, 0) is 11.2 Å². The lowest BCUT2D eigenvalue weighted by molar-refractivity contribution is -0.149. The van der Waals surface area contributed by atoms with Crippen molar-refractivity contribution in [3.8, 4) is 0 Å². The number of rotatable bonds is 4. The molecule has 0 amide bonds. The average molecular weight is 361 g/mol. The zero-order valence-electron chi connectivity index (χ0n) is 15.4. The van der Waals surface area contributed by atoms with Crippen molar-refractivity contribution in [1.82, 2.24) is 9.97 Å². The Bertz CT molecular complexity index is 988. The molecule has 3 aromatic rings. The van der Waals surface area contributed by atoms with Crippen LogP contribution in [-0.4, -0.2) is 34.1 Å². The van der Waals surface area contributed by atoms with Crippen molar-refractivity contribution in [2.75, 3.05) is 18.0 Å². The molecule has 138 valence electrons. The number of benzene rings is 2. The maximum Gasteiger partial charge on any atom is 0.311 e. The quantitative estimate of drug-likeness (QED) is 0.764. The standard InChI is InChI=1S/C22H23N3O2/c1-16-7-2-3-8-17(16)13-22(21(26)27)11-6-12-25(15-22)20-14-23-18-9-4-5-10-19(18)24-20/h2-5,7-10,14H,6,11-13,15H2,1H3,(H,26,27)/t22-/m1/s1. The van der Waals surface area contributed by atoms with Crippen molar-refractivity contribution in [2.45, 2.75) is 26.2 Å². The summed E-state index contributed by atoms with van der Waals surface area (Å²) >= 11 is 0. The van der Waals surface area contributed by atoms with E-state index in [2.05, 4.69) is 9.88 Å². The van der Waals surface area contributed by atoms with Gasteiger partial charge >= 0.3 is 5.97 Å². The molecule has 1 atom stereocenters. The second kappa shape index (κ2) is 6.99. The molecule has 2 aromatic carbocycles. The van der Waals surface area contributed by atoms with Crippen molar-refractivity contribution in [1.29, 1.82) is 0 Å². The van der Waals surface area contributed by atoms with E-state index in [-0.39, 0.29) is 0 Å². The first-order valence-corrected chi connectivity index (χ1v) is 9.32. The zero-order chi connectivity index (χ0) is 18.9. The Balaban J connectivity index is 1.65. The minimum atomic E-state index is -0.808. The minimum absolute atomic E-state index is 0.448. The fourth-order valence-electron chi connectivity index (χ4n) is 3.99. The summed E-state index contributed by atoms with van der Waals surface area (Å²) in [4.78, 5) is 23.6. The van der Waals surface area contributed by atoms with Crippen LogP contribution in [0.15, 0.2) is 54.7 Å². The molecule has 0 unspecified atom stereocenters. The van der Waals surface area contributed by atoms with Gasteiger partial charge in [-0.25, -0.2) is 4.98 Å². The Labute approximate surface area is 158 Å². The molecule has 0 saturated carbocycles. The molecular weight excluding hydrogens is 338 g/mol. The lowest BCUT2D eigenvalue weighted by atomic mass is 9.74. The smallest absolute Gasteiger partial charge is 0.311 e. The summed E-state index contributed by atoms with van der Waals surface area (Å²) in [5.41, 5.74) is 3.12. The molecule has 1 N–H and O–H groups in total. The van der Waals surface area contributed by atoms with Crippen LogP contribution in [0.2, 0.25) is 0 Å². The van der Waals surface area contributed by atoms with Gasteiger partial charge in [0.25, 0.3) is 0 Å². The van der Waals surface area contributed by atoms with Crippen LogP contribution < -0.4 is 4.90 Å². The Kier molecular flexibility index (Phi) is 4.52. The van der Waals surface area contributed by atoms with E-state index in [0.29, 0.717) is 19.4 Å². The summed E-state index contributed by atoms with van der Waals surface area (Å²) in [6.07, 6.45) is 3.79. The molecule has 27 heavy (non-hydrogen) atoms. The summed E-state index contributed by atoms with van der Waals surface area (Å²) in [7, 11) is 0. The number of carbonyl (C=O) groups is 1. The third kappa shape index (κ3) is 3.37. The van der Waals surface area contributed by atoms with Gasteiger partial charge in [0.2, 0.25) is 0 Å². The predicted octanol–water partition coefficient (Wildman–Crippen LogP) is 3.85. The summed E-state index contributed by atoms with van der Waals surface area (Å²) in [5, 5.41) is 10.1. The largest absolute Gasteiger partial charge is 0.481 e. The maximum absolute atomic E-state index is 12.3. The molecule has 1 aromatic heterocycles. The van der Waals surface area contributed by atoms with Gasteiger partial charge in [0.1, 0.15) is 5.82 Å². The second-order valence-corrected chi connectivity index (χ2v) is 7.43.